The summed E-state index contributed by atoms with van der Waals surface area (Å²) in [5.41, 5.74) is 7.25. The Morgan fingerprint density at radius 1 is 1.57 bits per heavy atom. The van der Waals surface area contributed by atoms with E-state index in [1.807, 2.05) is 0 Å². The molecular formula is C14H17FN4O2. The molecular weight excluding hydrogens is 275 g/mol. The quantitative estimate of drug-likeness (QED) is 0.813. The minimum Gasteiger partial charge on any atom is -0.459 e. The van der Waals surface area contributed by atoms with Crippen molar-refractivity contribution in [3.8, 4) is 0 Å². The van der Waals surface area contributed by atoms with Crippen molar-refractivity contribution in [1.29, 1.82) is 0 Å². The van der Waals surface area contributed by atoms with Crippen LogP contribution < -0.4 is 11.1 Å². The lowest BCUT2D eigenvalue weighted by molar-refractivity contribution is -0.149. The van der Waals surface area contributed by atoms with Gasteiger partial charge in [0.1, 0.15) is 11.9 Å². The first-order chi connectivity index (χ1) is 10.1. The van der Waals surface area contributed by atoms with Gasteiger partial charge in [0.05, 0.1) is 17.1 Å². The highest BCUT2D eigenvalue weighted by molar-refractivity contribution is 5.78. The van der Waals surface area contributed by atoms with Gasteiger partial charge in [-0.15, -0.1) is 0 Å². The first-order valence-corrected chi connectivity index (χ1v) is 6.87. The number of carbonyl (C=O) groups is 1. The molecule has 0 radical (unpaired) electrons. The standard InChI is InChI=1S/C14H17FN4O2/c1-8(20)21-13-7-17-5-4-11(13)19-12-6-9(15)2-3-10(12)18-14(19)16/h2-3,6,11,13,17H,4-5,7H2,1H3,(H2,16,18)/t11-,13-/m1/s1. The molecule has 1 aromatic heterocycles. The maximum atomic E-state index is 13.5. The van der Waals surface area contributed by atoms with Crippen molar-refractivity contribution in [2.24, 2.45) is 0 Å². The fraction of sp³-hybridized carbons (Fsp3) is 0.429. The van der Waals surface area contributed by atoms with Crippen LogP contribution in [0.3, 0.4) is 0 Å². The second-order valence-corrected chi connectivity index (χ2v) is 5.18. The molecule has 0 spiro atoms. The highest BCUT2D eigenvalue weighted by Gasteiger charge is 2.31. The van der Waals surface area contributed by atoms with Crippen LogP contribution in [0.25, 0.3) is 11.0 Å². The van der Waals surface area contributed by atoms with Crippen molar-refractivity contribution >= 4 is 23.0 Å². The molecule has 0 amide bonds. The summed E-state index contributed by atoms with van der Waals surface area (Å²) in [6.07, 6.45) is 0.378. The largest absolute Gasteiger partial charge is 0.459 e. The van der Waals surface area contributed by atoms with Gasteiger partial charge in [0, 0.05) is 13.5 Å². The molecule has 1 fully saturated rings. The van der Waals surface area contributed by atoms with Gasteiger partial charge in [-0.3, -0.25) is 4.79 Å². The Labute approximate surface area is 121 Å². The minimum absolute atomic E-state index is 0.151. The maximum Gasteiger partial charge on any atom is 0.303 e. The zero-order valence-corrected chi connectivity index (χ0v) is 11.7. The molecule has 2 heterocycles. The fourth-order valence-electron chi connectivity index (χ4n) is 2.88. The third kappa shape index (κ3) is 2.56. The van der Waals surface area contributed by atoms with E-state index in [9.17, 15) is 9.18 Å². The number of halogens is 1. The molecule has 6 nitrogen and oxygen atoms in total. The topological polar surface area (TPSA) is 82.2 Å². The third-order valence-electron chi connectivity index (χ3n) is 3.72. The van der Waals surface area contributed by atoms with E-state index in [2.05, 4.69) is 10.3 Å². The van der Waals surface area contributed by atoms with Crippen molar-refractivity contribution in [2.75, 3.05) is 18.8 Å². The number of fused-ring (bicyclic) bond motifs is 1. The predicted molar refractivity (Wildman–Crippen MR) is 76.2 cm³/mol. The number of nitrogen functional groups attached to an aromatic ring is 1. The van der Waals surface area contributed by atoms with E-state index in [1.165, 1.54) is 19.1 Å². The zero-order chi connectivity index (χ0) is 15.0. The summed E-state index contributed by atoms with van der Waals surface area (Å²) in [7, 11) is 0. The van der Waals surface area contributed by atoms with E-state index in [0.717, 1.165) is 13.0 Å². The van der Waals surface area contributed by atoms with Crippen LogP contribution in [-0.4, -0.2) is 34.7 Å². The van der Waals surface area contributed by atoms with Crippen LogP contribution in [0.1, 0.15) is 19.4 Å². The molecule has 112 valence electrons. The van der Waals surface area contributed by atoms with Crippen LogP contribution >= 0.6 is 0 Å². The smallest absolute Gasteiger partial charge is 0.303 e. The Kier molecular flexibility index (Phi) is 3.50. The van der Waals surface area contributed by atoms with E-state index in [-0.39, 0.29) is 23.9 Å². The molecule has 7 heteroatoms. The first-order valence-electron chi connectivity index (χ1n) is 6.87. The van der Waals surface area contributed by atoms with Crippen LogP contribution in [-0.2, 0) is 9.53 Å². The van der Waals surface area contributed by atoms with Gasteiger partial charge in [-0.2, -0.15) is 0 Å². The monoisotopic (exact) mass is 292 g/mol. The summed E-state index contributed by atoms with van der Waals surface area (Å²) in [5.74, 6) is -0.385. The number of nitrogens with zero attached hydrogens (tertiary/aromatic N) is 2. The van der Waals surface area contributed by atoms with Crippen molar-refractivity contribution in [2.45, 2.75) is 25.5 Å². The molecule has 3 rings (SSSR count). The number of imidazole rings is 1. The summed E-state index contributed by atoms with van der Waals surface area (Å²) in [6.45, 7) is 2.69. The third-order valence-corrected chi connectivity index (χ3v) is 3.72. The zero-order valence-electron chi connectivity index (χ0n) is 11.7. The molecule has 0 bridgehead atoms. The van der Waals surface area contributed by atoms with E-state index in [4.69, 9.17) is 10.5 Å². The second kappa shape index (κ2) is 5.33. The van der Waals surface area contributed by atoms with Crippen LogP contribution in [0.4, 0.5) is 10.3 Å². The lowest BCUT2D eigenvalue weighted by Gasteiger charge is -2.33. The number of benzene rings is 1. The summed E-state index contributed by atoms with van der Waals surface area (Å²) in [5, 5.41) is 3.19. The Bertz CT molecular complexity index is 685. The predicted octanol–water partition coefficient (Wildman–Crippen LogP) is 1.22. The highest BCUT2D eigenvalue weighted by atomic mass is 19.1. The number of hydrogen-bond donors (Lipinski definition) is 2. The van der Waals surface area contributed by atoms with Crippen molar-refractivity contribution < 1.29 is 13.9 Å². The number of esters is 1. The van der Waals surface area contributed by atoms with E-state index >= 15 is 0 Å². The fourth-order valence-corrected chi connectivity index (χ4v) is 2.88. The molecule has 0 unspecified atom stereocenters. The van der Waals surface area contributed by atoms with Crippen LogP contribution in [0.15, 0.2) is 18.2 Å². The van der Waals surface area contributed by atoms with E-state index in [0.29, 0.717) is 23.5 Å². The molecule has 1 aromatic carbocycles. The molecule has 0 aliphatic carbocycles. The summed E-state index contributed by atoms with van der Waals surface area (Å²) in [4.78, 5) is 15.5. The first kappa shape index (κ1) is 13.8. The average Bonchev–Trinajstić information content (AvgIpc) is 2.74. The average molecular weight is 292 g/mol. The van der Waals surface area contributed by atoms with Gasteiger partial charge < -0.3 is 20.4 Å². The molecule has 21 heavy (non-hydrogen) atoms. The van der Waals surface area contributed by atoms with Crippen molar-refractivity contribution in [3.05, 3.63) is 24.0 Å². The van der Waals surface area contributed by atoms with E-state index < -0.39 is 0 Å². The van der Waals surface area contributed by atoms with Gasteiger partial charge in [0.25, 0.3) is 0 Å². The summed E-state index contributed by atoms with van der Waals surface area (Å²) in [6, 6.07) is 4.21. The molecule has 2 atom stereocenters. The number of rotatable bonds is 2. The van der Waals surface area contributed by atoms with Crippen molar-refractivity contribution in [3.63, 3.8) is 0 Å². The number of carbonyl (C=O) groups excluding carboxylic acids is 1. The lowest BCUT2D eigenvalue weighted by atomic mass is 10.0. The normalized spacial score (nSPS) is 22.4. The van der Waals surface area contributed by atoms with E-state index in [1.54, 1.807) is 10.6 Å². The molecule has 1 aliphatic rings. The Balaban J connectivity index is 2.06. The van der Waals surface area contributed by atoms with Crippen LogP contribution in [0.5, 0.6) is 0 Å². The number of anilines is 1. The number of ether oxygens (including phenoxy) is 1. The molecule has 2 aromatic rings. The van der Waals surface area contributed by atoms with Crippen LogP contribution in [0.2, 0.25) is 0 Å². The number of piperidine rings is 1. The maximum absolute atomic E-state index is 13.5. The van der Waals surface area contributed by atoms with Gasteiger partial charge in [-0.05, 0) is 31.2 Å². The molecule has 1 saturated heterocycles. The SMILES string of the molecule is CC(=O)O[C@@H]1CNCC[C@H]1n1c(N)nc2ccc(F)cc21. The summed E-state index contributed by atoms with van der Waals surface area (Å²) < 4.78 is 20.7. The van der Waals surface area contributed by atoms with Crippen molar-refractivity contribution in [1.82, 2.24) is 14.9 Å². The minimum atomic E-state index is -0.348. The summed E-state index contributed by atoms with van der Waals surface area (Å²) >= 11 is 0. The highest BCUT2D eigenvalue weighted by Crippen LogP contribution is 2.30. The Hall–Kier alpha value is -2.15. The number of hydrogen-bond acceptors (Lipinski definition) is 5. The van der Waals surface area contributed by atoms with Gasteiger partial charge >= 0.3 is 5.97 Å². The molecule has 0 saturated carbocycles. The number of aromatic nitrogens is 2. The molecule has 3 N–H and O–H groups in total. The van der Waals surface area contributed by atoms with Gasteiger partial charge in [0.15, 0.2) is 0 Å². The molecule has 1 aliphatic heterocycles. The Morgan fingerprint density at radius 3 is 3.14 bits per heavy atom. The van der Waals surface area contributed by atoms with Crippen LogP contribution in [0, 0.1) is 5.82 Å². The lowest BCUT2D eigenvalue weighted by Crippen LogP contribution is -2.44. The second-order valence-electron chi connectivity index (χ2n) is 5.18. The number of nitrogens with two attached hydrogens (primary N) is 1. The van der Waals surface area contributed by atoms with Gasteiger partial charge in [-0.1, -0.05) is 0 Å². The Morgan fingerprint density at radius 2 is 2.38 bits per heavy atom. The number of nitrogens with one attached hydrogen (secondary N) is 1. The van der Waals surface area contributed by atoms with Gasteiger partial charge in [-0.25, -0.2) is 9.37 Å². The van der Waals surface area contributed by atoms with Gasteiger partial charge in [0.2, 0.25) is 5.95 Å².